The first-order chi connectivity index (χ1) is 10.3. The Labute approximate surface area is 126 Å². The van der Waals surface area contributed by atoms with Crippen LogP contribution in [-0.2, 0) is 4.79 Å². The number of amides is 1. The molecule has 4 N–H and O–H groups in total. The molecule has 1 heterocycles. The Kier molecular flexibility index (Phi) is 6.17. The van der Waals surface area contributed by atoms with E-state index in [-0.39, 0.29) is 11.9 Å². The first-order valence-corrected chi connectivity index (χ1v) is 7.76. The number of hydrogen-bond acceptors (Lipinski definition) is 4. The van der Waals surface area contributed by atoms with E-state index < -0.39 is 0 Å². The van der Waals surface area contributed by atoms with Gasteiger partial charge in [0, 0.05) is 26.2 Å². The Balaban J connectivity index is 2.15. The fourth-order valence-corrected chi connectivity index (χ4v) is 2.85. The van der Waals surface area contributed by atoms with Gasteiger partial charge in [0.15, 0.2) is 0 Å². The maximum Gasteiger partial charge on any atom is 0.244 e. The van der Waals surface area contributed by atoms with Gasteiger partial charge < -0.3 is 16.4 Å². The summed E-state index contributed by atoms with van der Waals surface area (Å²) < 4.78 is 0. The Hall–Kier alpha value is -1.43. The second-order valence-electron chi connectivity index (χ2n) is 5.46. The van der Waals surface area contributed by atoms with E-state index in [0.717, 1.165) is 44.6 Å². The van der Waals surface area contributed by atoms with E-state index in [2.05, 4.69) is 4.90 Å². The van der Waals surface area contributed by atoms with E-state index in [1.807, 2.05) is 35.2 Å². The summed E-state index contributed by atoms with van der Waals surface area (Å²) in [6.45, 7) is 4.58. The molecule has 5 nitrogen and oxygen atoms in total. The summed E-state index contributed by atoms with van der Waals surface area (Å²) in [6, 6.07) is 9.84. The second kappa shape index (κ2) is 8.12. The summed E-state index contributed by atoms with van der Waals surface area (Å²) >= 11 is 0. The van der Waals surface area contributed by atoms with Crippen LogP contribution in [0.2, 0.25) is 0 Å². The van der Waals surface area contributed by atoms with Gasteiger partial charge in [-0.2, -0.15) is 0 Å². The minimum Gasteiger partial charge on any atom is -0.340 e. The maximum atomic E-state index is 12.8. The van der Waals surface area contributed by atoms with Gasteiger partial charge in [0.05, 0.1) is 0 Å². The van der Waals surface area contributed by atoms with Crippen molar-refractivity contribution in [2.24, 2.45) is 11.5 Å². The van der Waals surface area contributed by atoms with E-state index in [1.54, 1.807) is 0 Å². The average Bonchev–Trinajstić information content (AvgIpc) is 2.52. The average molecular weight is 290 g/mol. The normalized spacial score (nSPS) is 20.0. The van der Waals surface area contributed by atoms with Crippen LogP contribution in [0.15, 0.2) is 30.3 Å². The van der Waals surface area contributed by atoms with Crippen LogP contribution in [-0.4, -0.2) is 55.0 Å². The number of carbonyl (C=O) groups excluding carboxylic acids is 1. The van der Waals surface area contributed by atoms with Crippen LogP contribution in [0.25, 0.3) is 0 Å². The fraction of sp³-hybridized carbons (Fsp3) is 0.562. The lowest BCUT2D eigenvalue weighted by atomic mass is 10.0. The molecular formula is C16H26N4O. The lowest BCUT2D eigenvalue weighted by molar-refractivity contribution is -0.142. The molecule has 1 aromatic rings. The number of nitrogens with zero attached hydrogens (tertiary/aromatic N) is 2. The molecule has 1 fully saturated rings. The standard InChI is InChI=1S/C16H26N4O/c17-8-4-10-19-12-13-20(11-5-9-18)16(21)15(19)14-6-2-1-3-7-14/h1-3,6-7,15H,4-5,8-13,17-18H2. The van der Waals surface area contributed by atoms with Gasteiger partial charge in [0.25, 0.3) is 0 Å². The van der Waals surface area contributed by atoms with Gasteiger partial charge in [0.1, 0.15) is 6.04 Å². The summed E-state index contributed by atoms with van der Waals surface area (Å²) in [4.78, 5) is 17.0. The van der Waals surface area contributed by atoms with Gasteiger partial charge in [-0.3, -0.25) is 9.69 Å². The third kappa shape index (κ3) is 4.03. The van der Waals surface area contributed by atoms with Crippen molar-refractivity contribution in [3.63, 3.8) is 0 Å². The van der Waals surface area contributed by atoms with Crippen molar-refractivity contribution in [2.75, 3.05) is 39.3 Å². The Morgan fingerprint density at radius 3 is 2.33 bits per heavy atom. The second-order valence-corrected chi connectivity index (χ2v) is 5.46. The predicted octanol–water partition coefficient (Wildman–Crippen LogP) is 0.570. The third-order valence-electron chi connectivity index (χ3n) is 3.96. The molecule has 0 aromatic heterocycles. The lowest BCUT2D eigenvalue weighted by Crippen LogP contribution is -2.52. The van der Waals surface area contributed by atoms with E-state index in [4.69, 9.17) is 11.5 Å². The highest BCUT2D eigenvalue weighted by molar-refractivity contribution is 5.84. The van der Waals surface area contributed by atoms with Crippen molar-refractivity contribution < 1.29 is 4.79 Å². The molecule has 1 aromatic carbocycles. The molecule has 1 atom stereocenters. The quantitative estimate of drug-likeness (QED) is 0.770. The topological polar surface area (TPSA) is 75.6 Å². The van der Waals surface area contributed by atoms with Crippen molar-refractivity contribution in [1.29, 1.82) is 0 Å². The number of rotatable bonds is 7. The highest BCUT2D eigenvalue weighted by Gasteiger charge is 2.34. The van der Waals surface area contributed by atoms with Gasteiger partial charge >= 0.3 is 0 Å². The summed E-state index contributed by atoms with van der Waals surface area (Å²) in [5.74, 6) is 0.193. The zero-order valence-electron chi connectivity index (χ0n) is 12.6. The Morgan fingerprint density at radius 2 is 1.67 bits per heavy atom. The van der Waals surface area contributed by atoms with E-state index in [1.165, 1.54) is 0 Å². The number of carbonyl (C=O) groups is 1. The smallest absolute Gasteiger partial charge is 0.244 e. The molecular weight excluding hydrogens is 264 g/mol. The van der Waals surface area contributed by atoms with Crippen LogP contribution < -0.4 is 11.5 Å². The Morgan fingerprint density at radius 1 is 1.00 bits per heavy atom. The predicted molar refractivity (Wildman–Crippen MR) is 84.7 cm³/mol. The molecule has 1 unspecified atom stereocenters. The molecule has 1 aliphatic rings. The Bertz CT molecular complexity index is 437. The summed E-state index contributed by atoms with van der Waals surface area (Å²) in [7, 11) is 0. The van der Waals surface area contributed by atoms with Crippen molar-refractivity contribution >= 4 is 5.91 Å². The molecule has 1 saturated heterocycles. The van der Waals surface area contributed by atoms with Crippen LogP contribution in [0.3, 0.4) is 0 Å². The summed E-state index contributed by atoms with van der Waals surface area (Å²) in [5.41, 5.74) is 12.3. The summed E-state index contributed by atoms with van der Waals surface area (Å²) in [6.07, 6.45) is 1.77. The number of benzene rings is 1. The van der Waals surface area contributed by atoms with Gasteiger partial charge in [-0.05, 0) is 31.5 Å². The van der Waals surface area contributed by atoms with Crippen LogP contribution in [0.4, 0.5) is 0 Å². The molecule has 0 spiro atoms. The van der Waals surface area contributed by atoms with Crippen LogP contribution in [0.5, 0.6) is 0 Å². The molecule has 0 aliphatic carbocycles. The molecule has 0 saturated carbocycles. The number of nitrogens with two attached hydrogens (primary N) is 2. The van der Waals surface area contributed by atoms with Gasteiger partial charge in [-0.15, -0.1) is 0 Å². The zero-order valence-corrected chi connectivity index (χ0v) is 12.6. The first-order valence-electron chi connectivity index (χ1n) is 7.76. The molecule has 1 amide bonds. The molecule has 5 heteroatoms. The van der Waals surface area contributed by atoms with Crippen molar-refractivity contribution in [2.45, 2.75) is 18.9 Å². The SMILES string of the molecule is NCCCN1CCN(CCCN)C(c2ccccc2)C1=O. The number of hydrogen-bond donors (Lipinski definition) is 2. The van der Waals surface area contributed by atoms with Crippen LogP contribution in [0, 0.1) is 0 Å². The first kappa shape index (κ1) is 15.9. The monoisotopic (exact) mass is 290 g/mol. The molecule has 0 bridgehead atoms. The van der Waals surface area contributed by atoms with Gasteiger partial charge in [-0.1, -0.05) is 30.3 Å². The van der Waals surface area contributed by atoms with Crippen molar-refractivity contribution in [3.8, 4) is 0 Å². The van der Waals surface area contributed by atoms with E-state index in [9.17, 15) is 4.79 Å². The maximum absolute atomic E-state index is 12.8. The van der Waals surface area contributed by atoms with Gasteiger partial charge in [-0.25, -0.2) is 0 Å². The molecule has 0 radical (unpaired) electrons. The van der Waals surface area contributed by atoms with Crippen molar-refractivity contribution in [3.05, 3.63) is 35.9 Å². The lowest BCUT2D eigenvalue weighted by Gasteiger charge is -2.41. The molecule has 116 valence electrons. The van der Waals surface area contributed by atoms with Crippen molar-refractivity contribution in [1.82, 2.24) is 9.80 Å². The largest absolute Gasteiger partial charge is 0.340 e. The molecule has 21 heavy (non-hydrogen) atoms. The minimum absolute atomic E-state index is 0.177. The number of piperazine rings is 1. The third-order valence-corrected chi connectivity index (χ3v) is 3.96. The van der Waals surface area contributed by atoms with Crippen LogP contribution >= 0.6 is 0 Å². The highest BCUT2D eigenvalue weighted by atomic mass is 16.2. The van der Waals surface area contributed by atoms with E-state index >= 15 is 0 Å². The minimum atomic E-state index is -0.177. The highest BCUT2D eigenvalue weighted by Crippen LogP contribution is 2.26. The van der Waals surface area contributed by atoms with Crippen LogP contribution in [0.1, 0.15) is 24.4 Å². The van der Waals surface area contributed by atoms with E-state index in [0.29, 0.717) is 13.1 Å². The van der Waals surface area contributed by atoms with Gasteiger partial charge in [0.2, 0.25) is 5.91 Å². The molecule has 1 aliphatic heterocycles. The fourth-order valence-electron chi connectivity index (χ4n) is 2.85. The summed E-state index contributed by atoms with van der Waals surface area (Å²) in [5, 5.41) is 0. The zero-order chi connectivity index (χ0) is 15.1. The molecule has 2 rings (SSSR count).